The van der Waals surface area contributed by atoms with E-state index in [1.165, 1.54) is 14.2 Å². The van der Waals surface area contributed by atoms with Gasteiger partial charge >= 0.3 is 5.97 Å². The number of benzene rings is 3. The van der Waals surface area contributed by atoms with Crippen molar-refractivity contribution in [3.05, 3.63) is 83.9 Å². The first-order valence-electron chi connectivity index (χ1n) is 8.98. The Morgan fingerprint density at radius 2 is 1.61 bits per heavy atom. The molecule has 0 atom stereocenters. The predicted molar refractivity (Wildman–Crippen MR) is 109 cm³/mol. The molecule has 0 saturated heterocycles. The van der Waals surface area contributed by atoms with Gasteiger partial charge in [0.15, 0.2) is 0 Å². The number of imidazole rings is 1. The van der Waals surface area contributed by atoms with Crippen molar-refractivity contribution in [1.29, 1.82) is 0 Å². The molecule has 0 N–H and O–H groups in total. The number of hydrogen-bond donors (Lipinski definition) is 0. The van der Waals surface area contributed by atoms with Gasteiger partial charge in [0.25, 0.3) is 0 Å². The molecule has 0 radical (unpaired) electrons. The van der Waals surface area contributed by atoms with Gasteiger partial charge in [0.1, 0.15) is 22.7 Å². The first kappa shape index (κ1) is 17.8. The van der Waals surface area contributed by atoms with E-state index in [1.54, 1.807) is 6.07 Å². The maximum absolute atomic E-state index is 12.5. The molecular formula is C23H20N2O3. The number of ether oxygens (including phenoxy) is 2. The summed E-state index contributed by atoms with van der Waals surface area (Å²) in [5.74, 6) is 0.771. The van der Waals surface area contributed by atoms with Gasteiger partial charge in [0.2, 0.25) is 0 Å². The van der Waals surface area contributed by atoms with E-state index in [0.717, 1.165) is 22.5 Å². The summed E-state index contributed by atoms with van der Waals surface area (Å²) in [4.78, 5) is 17.3. The zero-order chi connectivity index (χ0) is 19.5. The third kappa shape index (κ3) is 3.11. The number of methoxy groups -OCH3 is 2. The molecule has 0 fully saturated rings. The van der Waals surface area contributed by atoms with Crippen LogP contribution in [0.3, 0.4) is 0 Å². The van der Waals surface area contributed by atoms with Crippen molar-refractivity contribution < 1.29 is 14.3 Å². The van der Waals surface area contributed by atoms with Crippen molar-refractivity contribution in [2.24, 2.45) is 0 Å². The van der Waals surface area contributed by atoms with Gasteiger partial charge in [-0.25, -0.2) is 9.78 Å². The Labute approximate surface area is 163 Å². The van der Waals surface area contributed by atoms with Gasteiger partial charge < -0.3 is 14.0 Å². The van der Waals surface area contributed by atoms with Gasteiger partial charge in [-0.3, -0.25) is 0 Å². The number of aromatic nitrogens is 2. The van der Waals surface area contributed by atoms with Crippen molar-refractivity contribution in [3.63, 3.8) is 0 Å². The van der Waals surface area contributed by atoms with Crippen LogP contribution < -0.4 is 4.74 Å². The van der Waals surface area contributed by atoms with Crippen LogP contribution in [0, 0.1) is 0 Å². The SMILES string of the molecule is COC(=O)c1c(OC)ccc2c1nc(-c1ccccc1)n2Cc1ccccc1. The number of esters is 1. The highest BCUT2D eigenvalue weighted by Gasteiger charge is 2.23. The fraction of sp³-hybridized carbons (Fsp3) is 0.130. The zero-order valence-corrected chi connectivity index (χ0v) is 15.8. The highest BCUT2D eigenvalue weighted by atomic mass is 16.5. The molecule has 0 aliphatic carbocycles. The number of carbonyl (C=O) groups is 1. The smallest absolute Gasteiger partial charge is 0.343 e. The molecule has 0 aliphatic heterocycles. The average Bonchev–Trinajstić information content (AvgIpc) is 3.12. The van der Waals surface area contributed by atoms with E-state index in [-0.39, 0.29) is 0 Å². The molecule has 3 aromatic carbocycles. The number of fused-ring (bicyclic) bond motifs is 1. The van der Waals surface area contributed by atoms with E-state index < -0.39 is 5.97 Å². The molecule has 1 heterocycles. The third-order valence-corrected chi connectivity index (χ3v) is 4.71. The summed E-state index contributed by atoms with van der Waals surface area (Å²) >= 11 is 0. The molecule has 28 heavy (non-hydrogen) atoms. The first-order chi connectivity index (χ1) is 13.7. The van der Waals surface area contributed by atoms with Crippen molar-refractivity contribution in [2.45, 2.75) is 6.54 Å². The summed E-state index contributed by atoms with van der Waals surface area (Å²) in [6, 6.07) is 23.8. The Balaban J connectivity index is 2.00. The lowest BCUT2D eigenvalue weighted by atomic mass is 10.1. The Morgan fingerprint density at radius 3 is 2.25 bits per heavy atom. The molecule has 4 aromatic rings. The van der Waals surface area contributed by atoms with Crippen LogP contribution >= 0.6 is 0 Å². The van der Waals surface area contributed by atoms with E-state index in [0.29, 0.717) is 23.4 Å². The van der Waals surface area contributed by atoms with Crippen LogP contribution in [-0.2, 0) is 11.3 Å². The van der Waals surface area contributed by atoms with Crippen LogP contribution in [-0.4, -0.2) is 29.7 Å². The highest BCUT2D eigenvalue weighted by Crippen LogP contribution is 2.32. The van der Waals surface area contributed by atoms with Crippen molar-refractivity contribution in [3.8, 4) is 17.1 Å². The maximum Gasteiger partial charge on any atom is 0.343 e. The van der Waals surface area contributed by atoms with Gasteiger partial charge in [-0.15, -0.1) is 0 Å². The zero-order valence-electron chi connectivity index (χ0n) is 15.8. The topological polar surface area (TPSA) is 53.4 Å². The lowest BCUT2D eigenvalue weighted by Crippen LogP contribution is -2.06. The Morgan fingerprint density at radius 1 is 0.929 bits per heavy atom. The second-order valence-corrected chi connectivity index (χ2v) is 6.38. The molecule has 4 rings (SSSR count). The maximum atomic E-state index is 12.5. The molecule has 0 bridgehead atoms. The summed E-state index contributed by atoms with van der Waals surface area (Å²) in [5.41, 5.74) is 3.88. The van der Waals surface area contributed by atoms with E-state index >= 15 is 0 Å². The van der Waals surface area contributed by atoms with Gasteiger partial charge in [-0.2, -0.15) is 0 Å². The average molecular weight is 372 g/mol. The molecular weight excluding hydrogens is 352 g/mol. The molecule has 0 saturated carbocycles. The van der Waals surface area contributed by atoms with E-state index in [4.69, 9.17) is 14.5 Å². The van der Waals surface area contributed by atoms with Crippen LogP contribution in [0.25, 0.3) is 22.4 Å². The van der Waals surface area contributed by atoms with E-state index in [1.807, 2.05) is 54.6 Å². The molecule has 0 unspecified atom stereocenters. The normalized spacial score (nSPS) is 10.8. The van der Waals surface area contributed by atoms with Crippen LogP contribution in [0.4, 0.5) is 0 Å². The second-order valence-electron chi connectivity index (χ2n) is 6.38. The van der Waals surface area contributed by atoms with Gasteiger partial charge in [0, 0.05) is 12.1 Å². The van der Waals surface area contributed by atoms with Crippen LogP contribution in [0.1, 0.15) is 15.9 Å². The number of carbonyl (C=O) groups excluding carboxylic acids is 1. The Hall–Kier alpha value is -3.60. The Kier molecular flexibility index (Phi) is 4.81. The van der Waals surface area contributed by atoms with Crippen molar-refractivity contribution in [2.75, 3.05) is 14.2 Å². The summed E-state index contributed by atoms with van der Waals surface area (Å²) in [5, 5.41) is 0. The number of hydrogen-bond acceptors (Lipinski definition) is 4. The quantitative estimate of drug-likeness (QED) is 0.483. The van der Waals surface area contributed by atoms with Crippen molar-refractivity contribution in [1.82, 2.24) is 9.55 Å². The fourth-order valence-corrected chi connectivity index (χ4v) is 3.38. The van der Waals surface area contributed by atoms with Crippen LogP contribution in [0.5, 0.6) is 5.75 Å². The van der Waals surface area contributed by atoms with Gasteiger partial charge in [-0.05, 0) is 17.7 Å². The minimum absolute atomic E-state index is 0.339. The number of rotatable bonds is 5. The molecule has 0 spiro atoms. The Bertz CT molecular complexity index is 1120. The largest absolute Gasteiger partial charge is 0.496 e. The first-order valence-corrected chi connectivity index (χ1v) is 8.98. The minimum atomic E-state index is -0.466. The van der Waals surface area contributed by atoms with E-state index in [2.05, 4.69) is 16.7 Å². The lowest BCUT2D eigenvalue weighted by Gasteiger charge is -2.11. The lowest BCUT2D eigenvalue weighted by molar-refractivity contribution is 0.0599. The highest BCUT2D eigenvalue weighted by molar-refractivity contribution is 6.05. The summed E-state index contributed by atoms with van der Waals surface area (Å²) in [6.45, 7) is 0.633. The van der Waals surface area contributed by atoms with Gasteiger partial charge in [0.05, 0.1) is 19.7 Å². The monoisotopic (exact) mass is 372 g/mol. The molecule has 0 aliphatic rings. The molecule has 0 amide bonds. The van der Waals surface area contributed by atoms with Crippen LogP contribution in [0.2, 0.25) is 0 Å². The van der Waals surface area contributed by atoms with E-state index in [9.17, 15) is 4.79 Å². The third-order valence-electron chi connectivity index (χ3n) is 4.71. The second kappa shape index (κ2) is 7.56. The molecule has 5 heteroatoms. The summed E-state index contributed by atoms with van der Waals surface area (Å²) in [7, 11) is 2.90. The standard InChI is InChI=1S/C23H20N2O3/c1-27-19-14-13-18-21(20(19)23(26)28-2)24-22(17-11-7-4-8-12-17)25(18)15-16-9-5-3-6-10-16/h3-14H,15H2,1-2H3. The minimum Gasteiger partial charge on any atom is -0.496 e. The van der Waals surface area contributed by atoms with Crippen molar-refractivity contribution >= 4 is 17.0 Å². The molecule has 5 nitrogen and oxygen atoms in total. The predicted octanol–water partition coefficient (Wildman–Crippen LogP) is 4.55. The summed E-state index contributed by atoms with van der Waals surface area (Å²) in [6.07, 6.45) is 0. The molecule has 140 valence electrons. The van der Waals surface area contributed by atoms with Crippen LogP contribution in [0.15, 0.2) is 72.8 Å². The summed E-state index contributed by atoms with van der Waals surface area (Å²) < 4.78 is 12.5. The molecule has 1 aromatic heterocycles. The van der Waals surface area contributed by atoms with Gasteiger partial charge in [-0.1, -0.05) is 60.7 Å². The fourth-order valence-electron chi connectivity index (χ4n) is 3.38. The number of nitrogens with zero attached hydrogens (tertiary/aromatic N) is 2.